The molecule has 0 aliphatic rings. The fourth-order valence-electron chi connectivity index (χ4n) is 3.52. The molecule has 0 saturated heterocycles. The number of fused-ring (bicyclic) bond motifs is 1. The molecule has 3 aromatic carbocycles. The molecule has 30 heavy (non-hydrogen) atoms. The van der Waals surface area contributed by atoms with Gasteiger partial charge in [0, 0.05) is 12.1 Å². The highest BCUT2D eigenvalue weighted by molar-refractivity contribution is 5.95. The molecule has 5 nitrogen and oxygen atoms in total. The van der Waals surface area contributed by atoms with E-state index in [4.69, 9.17) is 9.72 Å². The van der Waals surface area contributed by atoms with E-state index in [1.807, 2.05) is 79.7 Å². The maximum atomic E-state index is 12.6. The van der Waals surface area contributed by atoms with Gasteiger partial charge in [-0.25, -0.2) is 4.98 Å². The maximum Gasteiger partial charge on any atom is 0.251 e. The van der Waals surface area contributed by atoms with Crippen LogP contribution in [-0.2, 0) is 13.1 Å². The molecule has 1 amide bonds. The van der Waals surface area contributed by atoms with E-state index in [2.05, 4.69) is 16.0 Å². The van der Waals surface area contributed by atoms with Gasteiger partial charge in [-0.3, -0.25) is 4.79 Å². The van der Waals surface area contributed by atoms with Crippen LogP contribution >= 0.6 is 0 Å². The zero-order valence-electron chi connectivity index (χ0n) is 17.0. The molecule has 0 aliphatic heterocycles. The van der Waals surface area contributed by atoms with Gasteiger partial charge in [-0.05, 0) is 49.2 Å². The molecule has 5 heteroatoms. The van der Waals surface area contributed by atoms with Crippen LogP contribution in [0.1, 0.15) is 28.2 Å². The molecule has 0 saturated carbocycles. The Balaban J connectivity index is 1.45. The smallest absolute Gasteiger partial charge is 0.251 e. The number of ether oxygens (including phenoxy) is 1. The summed E-state index contributed by atoms with van der Waals surface area (Å²) in [5, 5.41) is 3.02. The Morgan fingerprint density at radius 3 is 2.53 bits per heavy atom. The van der Waals surface area contributed by atoms with E-state index in [1.165, 1.54) is 0 Å². The molecule has 0 fully saturated rings. The molecule has 1 N–H and O–H groups in total. The van der Waals surface area contributed by atoms with Crippen molar-refractivity contribution in [2.45, 2.75) is 26.4 Å². The standard InChI is InChI=1S/C25H25N3O2/c1-19-10-5-6-13-21(19)25(29)26-18-24-27-22-14-7-8-15-23(22)28(24)16-9-17-30-20-11-3-2-4-12-20/h2-8,10-15H,9,16-18H2,1H3,(H,26,29). The summed E-state index contributed by atoms with van der Waals surface area (Å²) in [6.07, 6.45) is 0.841. The zero-order valence-corrected chi connectivity index (χ0v) is 17.0. The lowest BCUT2D eigenvalue weighted by molar-refractivity contribution is 0.0949. The average Bonchev–Trinajstić information content (AvgIpc) is 3.13. The van der Waals surface area contributed by atoms with Crippen molar-refractivity contribution in [1.29, 1.82) is 0 Å². The van der Waals surface area contributed by atoms with Crippen molar-refractivity contribution in [3.05, 3.63) is 95.8 Å². The van der Waals surface area contributed by atoms with Crippen LogP contribution < -0.4 is 10.1 Å². The van der Waals surface area contributed by atoms with Crippen molar-refractivity contribution in [2.75, 3.05) is 6.61 Å². The number of rotatable bonds is 8. The second kappa shape index (κ2) is 9.27. The molecule has 0 atom stereocenters. The largest absolute Gasteiger partial charge is 0.494 e. The lowest BCUT2D eigenvalue weighted by Gasteiger charge is -2.12. The first-order valence-corrected chi connectivity index (χ1v) is 10.2. The van der Waals surface area contributed by atoms with Crippen molar-refractivity contribution in [1.82, 2.24) is 14.9 Å². The van der Waals surface area contributed by atoms with Gasteiger partial charge in [-0.1, -0.05) is 48.5 Å². The van der Waals surface area contributed by atoms with E-state index < -0.39 is 0 Å². The third-order valence-corrected chi connectivity index (χ3v) is 5.07. The molecule has 4 aromatic rings. The van der Waals surface area contributed by atoms with E-state index in [0.717, 1.165) is 41.1 Å². The number of aryl methyl sites for hydroxylation is 2. The Labute approximate surface area is 176 Å². The number of imidazole rings is 1. The minimum atomic E-state index is -0.0842. The minimum absolute atomic E-state index is 0.0842. The Morgan fingerprint density at radius 1 is 0.967 bits per heavy atom. The second-order valence-corrected chi connectivity index (χ2v) is 7.18. The van der Waals surface area contributed by atoms with Crippen molar-refractivity contribution >= 4 is 16.9 Å². The van der Waals surface area contributed by atoms with Gasteiger partial charge in [0.25, 0.3) is 5.91 Å². The van der Waals surface area contributed by atoms with E-state index in [0.29, 0.717) is 18.7 Å². The number of hydrogen-bond donors (Lipinski definition) is 1. The van der Waals surface area contributed by atoms with Crippen molar-refractivity contribution in [2.24, 2.45) is 0 Å². The molecule has 0 unspecified atom stereocenters. The molecular formula is C25H25N3O2. The first kappa shape index (κ1) is 19.7. The molecule has 0 bridgehead atoms. The minimum Gasteiger partial charge on any atom is -0.494 e. The van der Waals surface area contributed by atoms with Crippen LogP contribution in [0.2, 0.25) is 0 Å². The lowest BCUT2D eigenvalue weighted by atomic mass is 10.1. The molecule has 0 spiro atoms. The van der Waals surface area contributed by atoms with Crippen LogP contribution in [0.25, 0.3) is 11.0 Å². The SMILES string of the molecule is Cc1ccccc1C(=O)NCc1nc2ccccc2n1CCCOc1ccccc1. The summed E-state index contributed by atoms with van der Waals surface area (Å²) in [5.41, 5.74) is 3.65. The molecular weight excluding hydrogens is 374 g/mol. The average molecular weight is 399 g/mol. The monoisotopic (exact) mass is 399 g/mol. The number of nitrogens with one attached hydrogen (secondary N) is 1. The Morgan fingerprint density at radius 2 is 1.70 bits per heavy atom. The number of nitrogens with zero attached hydrogens (tertiary/aromatic N) is 2. The Hall–Kier alpha value is -3.60. The number of benzene rings is 3. The Kier molecular flexibility index (Phi) is 6.09. The van der Waals surface area contributed by atoms with E-state index in [9.17, 15) is 4.79 Å². The first-order chi connectivity index (χ1) is 14.7. The summed E-state index contributed by atoms with van der Waals surface area (Å²) in [4.78, 5) is 17.4. The van der Waals surface area contributed by atoms with Crippen molar-refractivity contribution in [3.8, 4) is 5.75 Å². The van der Waals surface area contributed by atoms with E-state index in [1.54, 1.807) is 0 Å². The first-order valence-electron chi connectivity index (χ1n) is 10.2. The van der Waals surface area contributed by atoms with Gasteiger partial charge in [0.15, 0.2) is 0 Å². The van der Waals surface area contributed by atoms with Crippen LogP contribution in [0.3, 0.4) is 0 Å². The number of hydrogen-bond acceptors (Lipinski definition) is 3. The number of amides is 1. The highest BCUT2D eigenvalue weighted by Crippen LogP contribution is 2.17. The van der Waals surface area contributed by atoms with Crippen molar-refractivity contribution in [3.63, 3.8) is 0 Å². The van der Waals surface area contributed by atoms with E-state index >= 15 is 0 Å². The summed E-state index contributed by atoms with van der Waals surface area (Å²) in [6, 6.07) is 25.5. The molecule has 0 radical (unpaired) electrons. The van der Waals surface area contributed by atoms with Gasteiger partial charge < -0.3 is 14.6 Å². The Bertz CT molecular complexity index is 1140. The normalized spacial score (nSPS) is 10.8. The van der Waals surface area contributed by atoms with Crippen LogP contribution in [0, 0.1) is 6.92 Å². The molecule has 0 aliphatic carbocycles. The predicted octanol–water partition coefficient (Wildman–Crippen LogP) is 4.74. The number of para-hydroxylation sites is 3. The number of aromatic nitrogens is 2. The summed E-state index contributed by atoms with van der Waals surface area (Å²) in [7, 11) is 0. The zero-order chi connectivity index (χ0) is 20.8. The van der Waals surface area contributed by atoms with Gasteiger partial charge in [0.2, 0.25) is 0 Å². The fraction of sp³-hybridized carbons (Fsp3) is 0.200. The molecule has 1 heterocycles. The van der Waals surface area contributed by atoms with Crippen molar-refractivity contribution < 1.29 is 9.53 Å². The van der Waals surface area contributed by atoms with Gasteiger partial charge in [-0.15, -0.1) is 0 Å². The summed E-state index contributed by atoms with van der Waals surface area (Å²) >= 11 is 0. The summed E-state index contributed by atoms with van der Waals surface area (Å²) in [5.74, 6) is 1.63. The fourth-order valence-corrected chi connectivity index (χ4v) is 3.52. The summed E-state index contributed by atoms with van der Waals surface area (Å²) in [6.45, 7) is 3.70. The van der Waals surface area contributed by atoms with Gasteiger partial charge in [0.05, 0.1) is 24.2 Å². The third-order valence-electron chi connectivity index (χ3n) is 5.07. The van der Waals surface area contributed by atoms with Crippen LogP contribution in [0.5, 0.6) is 5.75 Å². The van der Waals surface area contributed by atoms with Crippen LogP contribution in [0.15, 0.2) is 78.9 Å². The highest BCUT2D eigenvalue weighted by Gasteiger charge is 2.13. The highest BCUT2D eigenvalue weighted by atomic mass is 16.5. The molecule has 4 rings (SSSR count). The third kappa shape index (κ3) is 4.51. The maximum absolute atomic E-state index is 12.6. The quantitative estimate of drug-likeness (QED) is 0.435. The summed E-state index contributed by atoms with van der Waals surface area (Å²) < 4.78 is 7.99. The lowest BCUT2D eigenvalue weighted by Crippen LogP contribution is -2.25. The molecule has 152 valence electrons. The topological polar surface area (TPSA) is 56.2 Å². The number of carbonyl (C=O) groups excluding carboxylic acids is 1. The van der Waals surface area contributed by atoms with Gasteiger partial charge in [-0.2, -0.15) is 0 Å². The van der Waals surface area contributed by atoms with Gasteiger partial charge in [0.1, 0.15) is 11.6 Å². The second-order valence-electron chi connectivity index (χ2n) is 7.18. The predicted molar refractivity (Wildman–Crippen MR) is 119 cm³/mol. The van der Waals surface area contributed by atoms with E-state index in [-0.39, 0.29) is 5.91 Å². The van der Waals surface area contributed by atoms with Gasteiger partial charge >= 0.3 is 0 Å². The van der Waals surface area contributed by atoms with Crippen LogP contribution in [-0.4, -0.2) is 22.1 Å². The molecule has 1 aromatic heterocycles. The van der Waals surface area contributed by atoms with Crippen LogP contribution in [0.4, 0.5) is 0 Å². The number of carbonyl (C=O) groups is 1.